The molecule has 0 spiro atoms. The third-order valence-electron chi connectivity index (χ3n) is 1.77. The van der Waals surface area contributed by atoms with E-state index in [-0.39, 0.29) is 6.04 Å². The van der Waals surface area contributed by atoms with E-state index in [4.69, 9.17) is 13.3 Å². The number of hydrogen-bond donors (Lipinski definition) is 0. The first-order chi connectivity index (χ1) is 7.17. The number of aliphatic imine (C=N–C) groups is 2. The molecule has 84 valence electrons. The van der Waals surface area contributed by atoms with Crippen LogP contribution >= 0.6 is 0 Å². The molecule has 15 heavy (non-hydrogen) atoms. The first kappa shape index (κ1) is 13.9. The summed E-state index contributed by atoms with van der Waals surface area (Å²) in [5.41, 5.74) is 0. The van der Waals surface area contributed by atoms with Gasteiger partial charge in [0, 0.05) is 21.3 Å². The van der Waals surface area contributed by atoms with Crippen LogP contribution in [0.1, 0.15) is 0 Å². The lowest BCUT2D eigenvalue weighted by molar-refractivity contribution is 0.122. The zero-order valence-electron chi connectivity index (χ0n) is 8.72. The molecule has 0 heterocycles. The summed E-state index contributed by atoms with van der Waals surface area (Å²) in [4.78, 5) is 26.7. The van der Waals surface area contributed by atoms with Gasteiger partial charge in [-0.25, -0.2) is 9.59 Å². The lowest BCUT2D eigenvalue weighted by Gasteiger charge is -2.24. The van der Waals surface area contributed by atoms with Crippen LogP contribution in [0.3, 0.4) is 0 Å². The number of hydrogen-bond acceptors (Lipinski definition) is 7. The average molecular weight is 232 g/mol. The molecular formula is C7H12N2O5Si. The molecule has 0 rings (SSSR count). The van der Waals surface area contributed by atoms with Crippen molar-refractivity contribution < 1.29 is 22.9 Å². The predicted octanol–water partition coefficient (Wildman–Crippen LogP) is -0.138. The summed E-state index contributed by atoms with van der Waals surface area (Å²) in [6.07, 6.45) is 1.69. The summed E-state index contributed by atoms with van der Waals surface area (Å²) in [7, 11) is 1.32. The molecule has 0 saturated carbocycles. The van der Waals surface area contributed by atoms with Crippen LogP contribution in [-0.2, 0) is 22.9 Å². The second-order valence-electron chi connectivity index (χ2n) is 2.42. The van der Waals surface area contributed by atoms with Gasteiger partial charge in [-0.3, -0.25) is 0 Å². The summed E-state index contributed by atoms with van der Waals surface area (Å²) in [5.74, 6) is 0. The largest absolute Gasteiger partial charge is 0.504 e. The van der Waals surface area contributed by atoms with E-state index in [1.54, 1.807) is 0 Å². The van der Waals surface area contributed by atoms with E-state index in [2.05, 4.69) is 9.98 Å². The van der Waals surface area contributed by atoms with Crippen molar-refractivity contribution in [3.05, 3.63) is 0 Å². The summed E-state index contributed by atoms with van der Waals surface area (Å²) in [6, 6.07) is 0.0843. The fourth-order valence-electron chi connectivity index (χ4n) is 0.965. The van der Waals surface area contributed by atoms with Crippen molar-refractivity contribution in [2.45, 2.75) is 12.2 Å². The Labute approximate surface area is 88.1 Å². The van der Waals surface area contributed by atoms with Gasteiger partial charge in [0.15, 0.2) is 6.17 Å². The smallest absolute Gasteiger partial charge is 0.377 e. The standard InChI is InChI=1S/C7H12N2O5Si/c1-12-15(13-2,14-3)4-7(8-5-10)9-6-11/h7H,4H2,1-3H3. The van der Waals surface area contributed by atoms with E-state index in [1.807, 2.05) is 0 Å². The second-order valence-corrected chi connectivity index (χ2v) is 5.42. The maximum Gasteiger partial charge on any atom is 0.504 e. The Morgan fingerprint density at radius 2 is 1.47 bits per heavy atom. The van der Waals surface area contributed by atoms with E-state index >= 15 is 0 Å². The van der Waals surface area contributed by atoms with Crippen LogP contribution in [0.5, 0.6) is 0 Å². The lowest BCUT2D eigenvalue weighted by Crippen LogP contribution is -2.45. The van der Waals surface area contributed by atoms with Crippen LogP contribution < -0.4 is 0 Å². The molecule has 0 aliphatic heterocycles. The summed E-state index contributed by atoms with van der Waals surface area (Å²) in [6.45, 7) is 0. The van der Waals surface area contributed by atoms with Gasteiger partial charge in [0.25, 0.3) is 0 Å². The van der Waals surface area contributed by atoms with Gasteiger partial charge in [-0.05, 0) is 0 Å². The molecule has 0 aliphatic carbocycles. The minimum atomic E-state index is -2.90. The topological polar surface area (TPSA) is 86.6 Å². The average Bonchev–Trinajstić information content (AvgIpc) is 2.27. The van der Waals surface area contributed by atoms with Crippen LogP contribution in [0.4, 0.5) is 0 Å². The number of isocyanates is 2. The van der Waals surface area contributed by atoms with Crippen LogP contribution in [0.25, 0.3) is 0 Å². The third-order valence-corrected chi connectivity index (χ3v) is 4.50. The molecule has 0 unspecified atom stereocenters. The van der Waals surface area contributed by atoms with E-state index in [0.717, 1.165) is 0 Å². The molecule has 7 nitrogen and oxygen atoms in total. The Bertz CT molecular complexity index is 255. The monoisotopic (exact) mass is 232 g/mol. The van der Waals surface area contributed by atoms with Gasteiger partial charge >= 0.3 is 8.80 Å². The fraction of sp³-hybridized carbons (Fsp3) is 0.714. The molecule has 0 atom stereocenters. The van der Waals surface area contributed by atoms with E-state index < -0.39 is 15.0 Å². The van der Waals surface area contributed by atoms with Crippen molar-refractivity contribution in [1.82, 2.24) is 0 Å². The number of nitrogens with zero attached hydrogens (tertiary/aromatic N) is 2. The normalized spacial score (nSPS) is 12.5. The first-order valence-electron chi connectivity index (χ1n) is 3.97. The van der Waals surface area contributed by atoms with Gasteiger partial charge in [0.2, 0.25) is 12.2 Å². The third kappa shape index (κ3) is 4.26. The molecule has 0 fully saturated rings. The van der Waals surface area contributed by atoms with E-state index in [9.17, 15) is 9.59 Å². The maximum absolute atomic E-state index is 10.1. The van der Waals surface area contributed by atoms with Crippen molar-refractivity contribution in [3.8, 4) is 0 Å². The molecule has 0 aliphatic rings. The quantitative estimate of drug-likeness (QED) is 0.346. The van der Waals surface area contributed by atoms with Gasteiger partial charge in [-0.2, -0.15) is 9.98 Å². The molecular weight excluding hydrogens is 220 g/mol. The van der Waals surface area contributed by atoms with Crippen LogP contribution in [0, 0.1) is 0 Å². The molecule has 0 radical (unpaired) electrons. The Morgan fingerprint density at radius 3 is 1.73 bits per heavy atom. The molecule has 0 aromatic rings. The van der Waals surface area contributed by atoms with Crippen LogP contribution in [0.15, 0.2) is 9.98 Å². The highest BCUT2D eigenvalue weighted by Crippen LogP contribution is 2.17. The molecule has 0 N–H and O–H groups in total. The molecule has 0 aromatic heterocycles. The zero-order valence-corrected chi connectivity index (χ0v) is 9.72. The van der Waals surface area contributed by atoms with Gasteiger partial charge in [0.05, 0.1) is 6.04 Å². The van der Waals surface area contributed by atoms with Gasteiger partial charge < -0.3 is 13.3 Å². The van der Waals surface area contributed by atoms with Crippen molar-refractivity contribution in [1.29, 1.82) is 0 Å². The molecule has 0 saturated heterocycles. The van der Waals surface area contributed by atoms with Crippen molar-refractivity contribution in [3.63, 3.8) is 0 Å². The highest BCUT2D eigenvalue weighted by molar-refractivity contribution is 6.60. The predicted molar refractivity (Wildman–Crippen MR) is 51.6 cm³/mol. The SMILES string of the molecule is CO[Si](CC(N=C=O)N=C=O)(OC)OC. The summed E-state index contributed by atoms with van der Waals surface area (Å²) in [5, 5.41) is 0. The Morgan fingerprint density at radius 1 is 1.07 bits per heavy atom. The Balaban J connectivity index is 4.73. The highest BCUT2D eigenvalue weighted by atomic mass is 28.4. The van der Waals surface area contributed by atoms with Gasteiger partial charge in [-0.1, -0.05) is 0 Å². The zero-order chi connectivity index (χ0) is 11.7. The highest BCUT2D eigenvalue weighted by Gasteiger charge is 2.41. The Hall–Kier alpha value is -1.14. The molecule has 0 aromatic carbocycles. The lowest BCUT2D eigenvalue weighted by atomic mass is 10.6. The molecule has 8 heteroatoms. The molecule has 0 amide bonds. The number of rotatable bonds is 7. The van der Waals surface area contributed by atoms with E-state index in [0.29, 0.717) is 0 Å². The van der Waals surface area contributed by atoms with E-state index in [1.165, 1.54) is 33.5 Å². The Kier molecular flexibility index (Phi) is 6.64. The number of carbonyl (C=O) groups excluding carboxylic acids is 2. The van der Waals surface area contributed by atoms with Gasteiger partial charge in [-0.15, -0.1) is 0 Å². The van der Waals surface area contributed by atoms with Crippen molar-refractivity contribution in [2.75, 3.05) is 21.3 Å². The minimum Gasteiger partial charge on any atom is -0.377 e. The second kappa shape index (κ2) is 7.19. The van der Waals surface area contributed by atoms with Crippen molar-refractivity contribution >= 4 is 21.0 Å². The minimum absolute atomic E-state index is 0.0843. The molecule has 0 bridgehead atoms. The van der Waals surface area contributed by atoms with Crippen molar-refractivity contribution in [2.24, 2.45) is 9.98 Å². The first-order valence-corrected chi connectivity index (χ1v) is 5.90. The maximum atomic E-state index is 10.1. The fourth-order valence-corrected chi connectivity index (χ4v) is 2.60. The summed E-state index contributed by atoms with van der Waals surface area (Å²) >= 11 is 0. The van der Waals surface area contributed by atoms with Gasteiger partial charge in [0.1, 0.15) is 0 Å². The summed E-state index contributed by atoms with van der Waals surface area (Å²) < 4.78 is 15.2. The van der Waals surface area contributed by atoms with Crippen LogP contribution in [0.2, 0.25) is 6.04 Å². The van der Waals surface area contributed by atoms with Crippen LogP contribution in [-0.4, -0.2) is 48.5 Å².